The summed E-state index contributed by atoms with van der Waals surface area (Å²) in [4.78, 5) is 4.45. The summed E-state index contributed by atoms with van der Waals surface area (Å²) in [5.41, 5.74) is 6.98. The van der Waals surface area contributed by atoms with Gasteiger partial charge in [-0.2, -0.15) is 0 Å². The summed E-state index contributed by atoms with van der Waals surface area (Å²) >= 11 is 0. The van der Waals surface area contributed by atoms with Gasteiger partial charge in [-0.1, -0.05) is 12.1 Å². The number of rotatable bonds is 7. The van der Waals surface area contributed by atoms with Gasteiger partial charge in [0.1, 0.15) is 5.82 Å². The van der Waals surface area contributed by atoms with E-state index in [1.165, 1.54) is 12.1 Å². The van der Waals surface area contributed by atoms with E-state index in [2.05, 4.69) is 37.9 Å². The van der Waals surface area contributed by atoms with Crippen molar-refractivity contribution in [2.75, 3.05) is 40.8 Å². The van der Waals surface area contributed by atoms with Gasteiger partial charge in [-0.15, -0.1) is 0 Å². The van der Waals surface area contributed by atoms with Crippen molar-refractivity contribution in [3.63, 3.8) is 0 Å². The first-order valence-electron chi connectivity index (χ1n) is 6.68. The van der Waals surface area contributed by atoms with Crippen LogP contribution in [0.1, 0.15) is 12.5 Å². The zero-order chi connectivity index (χ0) is 14.5. The lowest BCUT2D eigenvalue weighted by molar-refractivity contribution is 0.133. The third kappa shape index (κ3) is 4.90. The lowest BCUT2D eigenvalue weighted by atomic mass is 9.91. The molecule has 1 rings (SSSR count). The Morgan fingerprint density at radius 2 is 1.68 bits per heavy atom. The van der Waals surface area contributed by atoms with Crippen molar-refractivity contribution in [1.29, 1.82) is 0 Å². The van der Waals surface area contributed by atoms with E-state index in [4.69, 9.17) is 5.73 Å². The fourth-order valence-electron chi connectivity index (χ4n) is 2.02. The molecule has 3 nitrogen and oxygen atoms in total. The number of halogens is 1. The van der Waals surface area contributed by atoms with Crippen LogP contribution in [0.4, 0.5) is 4.39 Å². The van der Waals surface area contributed by atoms with Crippen LogP contribution in [0.3, 0.4) is 0 Å². The van der Waals surface area contributed by atoms with Crippen molar-refractivity contribution in [3.05, 3.63) is 35.6 Å². The van der Waals surface area contributed by atoms with Crippen molar-refractivity contribution in [2.24, 2.45) is 5.73 Å². The second kappa shape index (κ2) is 6.98. The molecule has 0 saturated carbocycles. The third-order valence-electron chi connectivity index (χ3n) is 3.74. The molecule has 4 heteroatoms. The van der Waals surface area contributed by atoms with Crippen molar-refractivity contribution >= 4 is 0 Å². The number of nitrogens with two attached hydrogens (primary N) is 1. The number of nitrogens with zero attached hydrogens (tertiary/aromatic N) is 2. The Bertz CT molecular complexity index is 377. The zero-order valence-corrected chi connectivity index (χ0v) is 12.5. The van der Waals surface area contributed by atoms with E-state index in [0.717, 1.165) is 25.1 Å². The molecule has 0 fully saturated rings. The van der Waals surface area contributed by atoms with Gasteiger partial charge in [-0.3, -0.25) is 4.90 Å². The third-order valence-corrected chi connectivity index (χ3v) is 3.74. The van der Waals surface area contributed by atoms with Crippen LogP contribution < -0.4 is 5.73 Å². The fraction of sp³-hybridized carbons (Fsp3) is 0.600. The molecular formula is C15H26FN3. The topological polar surface area (TPSA) is 32.5 Å². The molecule has 1 unspecified atom stereocenters. The molecule has 0 saturated heterocycles. The first-order chi connectivity index (χ1) is 8.87. The Hall–Kier alpha value is -0.970. The molecule has 0 aliphatic rings. The number of benzene rings is 1. The maximum absolute atomic E-state index is 12.9. The van der Waals surface area contributed by atoms with E-state index < -0.39 is 0 Å². The van der Waals surface area contributed by atoms with E-state index in [-0.39, 0.29) is 11.4 Å². The highest BCUT2D eigenvalue weighted by atomic mass is 19.1. The van der Waals surface area contributed by atoms with E-state index in [9.17, 15) is 4.39 Å². The molecule has 19 heavy (non-hydrogen) atoms. The van der Waals surface area contributed by atoms with Crippen LogP contribution in [-0.4, -0.2) is 56.1 Å². The lowest BCUT2D eigenvalue weighted by Gasteiger charge is -2.39. The molecule has 0 spiro atoms. The van der Waals surface area contributed by atoms with Gasteiger partial charge in [-0.25, -0.2) is 4.39 Å². The molecule has 1 atom stereocenters. The summed E-state index contributed by atoms with van der Waals surface area (Å²) in [5, 5.41) is 0. The predicted molar refractivity (Wildman–Crippen MR) is 78.7 cm³/mol. The van der Waals surface area contributed by atoms with Crippen LogP contribution >= 0.6 is 0 Å². The Kier molecular flexibility index (Phi) is 5.91. The quantitative estimate of drug-likeness (QED) is 0.814. The molecule has 2 N–H and O–H groups in total. The van der Waals surface area contributed by atoms with Crippen LogP contribution in [0.2, 0.25) is 0 Å². The van der Waals surface area contributed by atoms with Gasteiger partial charge >= 0.3 is 0 Å². The minimum absolute atomic E-state index is 0.103. The molecule has 0 amide bonds. The summed E-state index contributed by atoms with van der Waals surface area (Å²) in [6.07, 6.45) is 0.827. The molecule has 0 radical (unpaired) electrons. The van der Waals surface area contributed by atoms with E-state index >= 15 is 0 Å². The monoisotopic (exact) mass is 267 g/mol. The van der Waals surface area contributed by atoms with Gasteiger partial charge in [0.05, 0.1) is 0 Å². The smallest absolute Gasteiger partial charge is 0.123 e. The molecule has 0 bridgehead atoms. The first-order valence-corrected chi connectivity index (χ1v) is 6.68. The summed E-state index contributed by atoms with van der Waals surface area (Å²) in [5.74, 6) is -0.195. The van der Waals surface area contributed by atoms with E-state index in [0.29, 0.717) is 6.54 Å². The largest absolute Gasteiger partial charge is 0.329 e. The molecular weight excluding hydrogens is 241 g/mol. The average Bonchev–Trinajstić information content (AvgIpc) is 2.38. The maximum atomic E-state index is 12.9. The SMILES string of the molecule is CN(C)CCN(C)C(C)(CN)Cc1ccc(F)cc1. The molecule has 0 aromatic heterocycles. The first kappa shape index (κ1) is 16.1. The lowest BCUT2D eigenvalue weighted by Crippen LogP contribution is -2.52. The number of likely N-dealkylation sites (N-methyl/N-ethyl adjacent to an activating group) is 2. The molecule has 0 heterocycles. The summed E-state index contributed by atoms with van der Waals surface area (Å²) in [6.45, 7) is 4.69. The second-order valence-electron chi connectivity index (χ2n) is 5.73. The highest BCUT2D eigenvalue weighted by Gasteiger charge is 2.27. The Labute approximate surface area is 116 Å². The minimum Gasteiger partial charge on any atom is -0.329 e. The van der Waals surface area contributed by atoms with Crippen LogP contribution in [0.15, 0.2) is 24.3 Å². The number of hydrogen-bond donors (Lipinski definition) is 1. The predicted octanol–water partition coefficient (Wildman–Crippen LogP) is 1.58. The van der Waals surface area contributed by atoms with Crippen LogP contribution in [0.25, 0.3) is 0 Å². The Balaban J connectivity index is 2.70. The highest BCUT2D eigenvalue weighted by molar-refractivity contribution is 5.19. The van der Waals surface area contributed by atoms with Crippen LogP contribution in [-0.2, 0) is 6.42 Å². The molecule has 0 aliphatic carbocycles. The fourth-order valence-corrected chi connectivity index (χ4v) is 2.02. The summed E-state index contributed by atoms with van der Waals surface area (Å²) in [7, 11) is 6.22. The van der Waals surface area contributed by atoms with Crippen LogP contribution in [0.5, 0.6) is 0 Å². The highest BCUT2D eigenvalue weighted by Crippen LogP contribution is 2.19. The van der Waals surface area contributed by atoms with Crippen molar-refractivity contribution in [3.8, 4) is 0 Å². The molecule has 0 aliphatic heterocycles. The average molecular weight is 267 g/mol. The van der Waals surface area contributed by atoms with Gasteiger partial charge in [0.15, 0.2) is 0 Å². The Morgan fingerprint density at radius 1 is 1.11 bits per heavy atom. The van der Waals surface area contributed by atoms with Crippen molar-refractivity contribution < 1.29 is 4.39 Å². The zero-order valence-electron chi connectivity index (χ0n) is 12.5. The van der Waals surface area contributed by atoms with Gasteiger partial charge in [0, 0.05) is 25.2 Å². The van der Waals surface area contributed by atoms with Crippen molar-refractivity contribution in [2.45, 2.75) is 18.9 Å². The van der Waals surface area contributed by atoms with Gasteiger partial charge in [0.25, 0.3) is 0 Å². The molecule has 1 aromatic rings. The van der Waals surface area contributed by atoms with Gasteiger partial charge < -0.3 is 10.6 Å². The summed E-state index contributed by atoms with van der Waals surface area (Å²) in [6, 6.07) is 6.68. The van der Waals surface area contributed by atoms with E-state index in [1.54, 1.807) is 0 Å². The van der Waals surface area contributed by atoms with Gasteiger partial charge in [0.2, 0.25) is 0 Å². The maximum Gasteiger partial charge on any atom is 0.123 e. The molecule has 108 valence electrons. The normalized spacial score (nSPS) is 14.9. The van der Waals surface area contributed by atoms with Crippen molar-refractivity contribution in [1.82, 2.24) is 9.80 Å². The standard InChI is InChI=1S/C15H26FN3/c1-15(12-17,19(4)10-9-18(2)3)11-13-5-7-14(16)8-6-13/h5-8H,9-12,17H2,1-4H3. The second-order valence-corrected chi connectivity index (χ2v) is 5.73. The molecule has 1 aromatic carbocycles. The van der Waals surface area contributed by atoms with Crippen LogP contribution in [0, 0.1) is 5.82 Å². The van der Waals surface area contributed by atoms with E-state index in [1.807, 2.05) is 12.1 Å². The summed E-state index contributed by atoms with van der Waals surface area (Å²) < 4.78 is 12.9. The Morgan fingerprint density at radius 3 is 2.16 bits per heavy atom. The number of hydrogen-bond acceptors (Lipinski definition) is 3. The van der Waals surface area contributed by atoms with Gasteiger partial charge in [-0.05, 0) is 52.2 Å². The minimum atomic E-state index is -0.195.